The number of carboxylic acids is 2. The molecule has 2 heterocycles. The molecule has 1 fully saturated rings. The summed E-state index contributed by atoms with van der Waals surface area (Å²) < 4.78 is 0. The van der Waals surface area contributed by atoms with Gasteiger partial charge >= 0.3 is 11.9 Å². The number of nitrogens with zero attached hydrogens (tertiary/aromatic N) is 5. The summed E-state index contributed by atoms with van der Waals surface area (Å²) in [6, 6.07) is 7.92. The minimum absolute atomic E-state index is 0.00684. The van der Waals surface area contributed by atoms with Gasteiger partial charge in [-0.1, -0.05) is 18.2 Å². The van der Waals surface area contributed by atoms with E-state index < -0.39 is 29.6 Å². The van der Waals surface area contributed by atoms with Gasteiger partial charge in [-0.05, 0) is 31.0 Å². The number of aromatic nitrogens is 2. The quantitative estimate of drug-likeness (QED) is 0.187. The molecule has 0 bridgehead atoms. The highest BCUT2D eigenvalue weighted by Crippen LogP contribution is 2.23. The average Bonchev–Trinajstić information content (AvgIpc) is 2.99. The Labute approximate surface area is 242 Å². The van der Waals surface area contributed by atoms with Crippen molar-refractivity contribution in [2.75, 3.05) is 51.3 Å². The fourth-order valence-electron chi connectivity index (χ4n) is 3.88. The Morgan fingerprint density at radius 3 is 2.00 bits per heavy atom. The Kier molecular flexibility index (Phi) is 12.3. The molecule has 0 aliphatic carbocycles. The van der Waals surface area contributed by atoms with E-state index in [1.54, 1.807) is 43.1 Å². The number of aliphatic hydroxyl groups is 3. The molecule has 1 aliphatic heterocycles. The van der Waals surface area contributed by atoms with Gasteiger partial charge in [-0.25, -0.2) is 19.6 Å². The summed E-state index contributed by atoms with van der Waals surface area (Å²) in [5.74, 6) is -3.05. The standard InChI is InChI=1S/C23H32N6O3.C4H6O6/c1-23(2,16-30)21(32)28-7-9-29(10-8-28)22-25-13-19(14-26-22)18-6-4-5-17(11-18)15-27(3)20(31)12-24;5-1(3(7)8)2(6)4(9)10/h4-6,11,13-14,30H,7-10,12,15-16,24H2,1-3H3;1-2,5-6H,(H,7,8)(H,9,10)/t;1-,2-/m.1/s1. The lowest BCUT2D eigenvalue weighted by molar-refractivity contribution is -0.165. The van der Waals surface area contributed by atoms with Crippen LogP contribution in [0.3, 0.4) is 0 Å². The summed E-state index contributed by atoms with van der Waals surface area (Å²) in [6.07, 6.45) is -0.944. The summed E-state index contributed by atoms with van der Waals surface area (Å²) in [6.45, 7) is 6.25. The highest BCUT2D eigenvalue weighted by molar-refractivity contribution is 5.83. The summed E-state index contributed by atoms with van der Waals surface area (Å²) in [5, 5.41) is 42.0. The molecule has 230 valence electrons. The third-order valence-corrected chi connectivity index (χ3v) is 6.55. The van der Waals surface area contributed by atoms with Crippen molar-refractivity contribution in [2.24, 2.45) is 11.1 Å². The molecule has 1 aromatic carbocycles. The highest BCUT2D eigenvalue weighted by atomic mass is 16.4. The normalized spacial score (nSPS) is 14.7. The number of aliphatic hydroxyl groups excluding tert-OH is 3. The smallest absolute Gasteiger partial charge is 0.335 e. The number of aliphatic carboxylic acids is 2. The number of rotatable bonds is 10. The van der Waals surface area contributed by atoms with Crippen LogP contribution in [0.15, 0.2) is 36.7 Å². The minimum atomic E-state index is -2.27. The Morgan fingerprint density at radius 2 is 1.52 bits per heavy atom. The molecule has 1 aliphatic rings. The maximum atomic E-state index is 12.5. The van der Waals surface area contributed by atoms with Gasteiger partial charge in [-0.15, -0.1) is 0 Å². The first-order valence-electron chi connectivity index (χ1n) is 13.0. The van der Waals surface area contributed by atoms with E-state index in [1.165, 1.54) is 0 Å². The van der Waals surface area contributed by atoms with Crippen LogP contribution in [0, 0.1) is 5.41 Å². The van der Waals surface area contributed by atoms with Crippen LogP contribution in [0.2, 0.25) is 0 Å². The first-order chi connectivity index (χ1) is 19.7. The zero-order valence-electron chi connectivity index (χ0n) is 23.8. The molecule has 3 rings (SSSR count). The van der Waals surface area contributed by atoms with Crippen molar-refractivity contribution in [3.8, 4) is 11.1 Å². The monoisotopic (exact) mass is 590 g/mol. The Hall–Kier alpha value is -4.18. The van der Waals surface area contributed by atoms with Crippen LogP contribution in [0.4, 0.5) is 5.95 Å². The summed E-state index contributed by atoms with van der Waals surface area (Å²) >= 11 is 0. The van der Waals surface area contributed by atoms with Crippen LogP contribution >= 0.6 is 0 Å². The SMILES string of the molecule is CN(Cc1cccc(-c2cnc(N3CCN(C(=O)C(C)(C)CO)CC3)nc2)c1)C(=O)CN.O=C(O)[C@H](O)[C@@H](O)C(=O)O. The molecule has 0 radical (unpaired) electrons. The largest absolute Gasteiger partial charge is 0.479 e. The topological polar surface area (TPSA) is 231 Å². The van der Waals surface area contributed by atoms with Crippen molar-refractivity contribution < 1.29 is 44.7 Å². The van der Waals surface area contributed by atoms with Gasteiger partial charge in [0.15, 0.2) is 12.2 Å². The Morgan fingerprint density at radius 1 is 0.976 bits per heavy atom. The van der Waals surface area contributed by atoms with Crippen LogP contribution in [0.25, 0.3) is 11.1 Å². The summed E-state index contributed by atoms with van der Waals surface area (Å²) in [7, 11) is 1.73. The van der Waals surface area contributed by atoms with Gasteiger partial charge in [-0.2, -0.15) is 0 Å². The fraction of sp³-hybridized carbons (Fsp3) is 0.481. The average molecular weight is 591 g/mol. The van der Waals surface area contributed by atoms with Crippen LogP contribution in [0.1, 0.15) is 19.4 Å². The zero-order valence-corrected chi connectivity index (χ0v) is 23.8. The molecule has 1 aromatic heterocycles. The Bertz CT molecular complexity index is 1210. The van der Waals surface area contributed by atoms with Gasteiger partial charge in [0.1, 0.15) is 0 Å². The first kappa shape index (κ1) is 34.0. The van der Waals surface area contributed by atoms with Gasteiger partial charge in [0.2, 0.25) is 17.8 Å². The van der Waals surface area contributed by atoms with Crippen molar-refractivity contribution in [3.05, 3.63) is 42.2 Å². The molecule has 0 unspecified atom stereocenters. The van der Waals surface area contributed by atoms with Crippen molar-refractivity contribution in [1.29, 1.82) is 0 Å². The van der Waals surface area contributed by atoms with Gasteiger partial charge in [0, 0.05) is 57.7 Å². The van der Waals surface area contributed by atoms with E-state index in [9.17, 15) is 24.3 Å². The molecule has 1 saturated heterocycles. The highest BCUT2D eigenvalue weighted by Gasteiger charge is 2.33. The van der Waals surface area contributed by atoms with Gasteiger partial charge in [-0.3, -0.25) is 9.59 Å². The van der Waals surface area contributed by atoms with Crippen molar-refractivity contribution in [2.45, 2.75) is 32.6 Å². The summed E-state index contributed by atoms with van der Waals surface area (Å²) in [5.41, 5.74) is 7.54. The van der Waals surface area contributed by atoms with E-state index in [2.05, 4.69) is 14.9 Å². The Balaban J connectivity index is 0.000000528. The summed E-state index contributed by atoms with van der Waals surface area (Å²) in [4.78, 5) is 58.3. The van der Waals surface area contributed by atoms with E-state index >= 15 is 0 Å². The number of benzene rings is 1. The molecule has 0 saturated carbocycles. The van der Waals surface area contributed by atoms with Crippen LogP contribution in [-0.4, -0.2) is 128 Å². The maximum absolute atomic E-state index is 12.5. The lowest BCUT2D eigenvalue weighted by atomic mass is 9.92. The number of hydrogen-bond acceptors (Lipinski definition) is 11. The third kappa shape index (κ3) is 9.17. The van der Waals surface area contributed by atoms with E-state index in [4.69, 9.17) is 26.2 Å². The molecule has 2 atom stereocenters. The number of carboxylic acid groups (broad SMARTS) is 2. The molecule has 42 heavy (non-hydrogen) atoms. The number of anilines is 1. The van der Waals surface area contributed by atoms with Crippen LogP contribution in [-0.2, 0) is 25.7 Å². The maximum Gasteiger partial charge on any atom is 0.335 e. The van der Waals surface area contributed by atoms with E-state index in [-0.39, 0.29) is 25.0 Å². The molecule has 0 spiro atoms. The molecule has 2 aromatic rings. The van der Waals surface area contributed by atoms with Gasteiger partial charge < -0.3 is 46.0 Å². The number of nitrogens with two attached hydrogens (primary N) is 1. The molecular formula is C27H38N6O9. The van der Waals surface area contributed by atoms with E-state index in [0.717, 1.165) is 16.7 Å². The predicted molar refractivity (Wildman–Crippen MR) is 150 cm³/mol. The third-order valence-electron chi connectivity index (χ3n) is 6.55. The van der Waals surface area contributed by atoms with Crippen LogP contribution in [0.5, 0.6) is 0 Å². The second-order valence-electron chi connectivity index (χ2n) is 10.3. The minimum Gasteiger partial charge on any atom is -0.479 e. The molecule has 15 nitrogen and oxygen atoms in total. The zero-order chi connectivity index (χ0) is 31.6. The molecule has 15 heteroatoms. The van der Waals surface area contributed by atoms with Gasteiger partial charge in [0.25, 0.3) is 0 Å². The van der Waals surface area contributed by atoms with E-state index in [1.807, 2.05) is 24.3 Å². The fourth-order valence-corrected chi connectivity index (χ4v) is 3.88. The number of likely N-dealkylation sites (N-methyl/N-ethyl adjacent to an activating group) is 1. The predicted octanol–water partition coefficient (Wildman–Crippen LogP) is -1.39. The molecule has 2 amide bonds. The molecular weight excluding hydrogens is 552 g/mol. The lowest BCUT2D eigenvalue weighted by Crippen LogP contribution is -2.53. The first-order valence-corrected chi connectivity index (χ1v) is 13.0. The van der Waals surface area contributed by atoms with Crippen molar-refractivity contribution in [1.82, 2.24) is 19.8 Å². The lowest BCUT2D eigenvalue weighted by Gasteiger charge is -2.38. The van der Waals surface area contributed by atoms with Gasteiger partial charge in [0.05, 0.1) is 18.6 Å². The number of piperazine rings is 1. The number of hydrogen-bond donors (Lipinski definition) is 6. The second kappa shape index (κ2) is 15.2. The van der Waals surface area contributed by atoms with E-state index in [0.29, 0.717) is 38.7 Å². The van der Waals surface area contributed by atoms with Crippen molar-refractivity contribution >= 4 is 29.7 Å². The van der Waals surface area contributed by atoms with Crippen molar-refractivity contribution in [3.63, 3.8) is 0 Å². The molecule has 7 N–H and O–H groups in total. The number of carbonyl (C=O) groups is 4. The second-order valence-corrected chi connectivity index (χ2v) is 10.3. The van der Waals surface area contributed by atoms with Crippen LogP contribution < -0.4 is 10.6 Å². The number of amides is 2. The number of carbonyl (C=O) groups excluding carboxylic acids is 2.